The van der Waals surface area contributed by atoms with E-state index in [-0.39, 0.29) is 0 Å². The maximum atomic E-state index is 16.0. The van der Waals surface area contributed by atoms with E-state index in [1.165, 1.54) is 10.8 Å². The van der Waals surface area contributed by atoms with E-state index in [1.807, 2.05) is 36.5 Å². The molecule has 8 aromatic carbocycles. The van der Waals surface area contributed by atoms with Crippen LogP contribution in [-0.4, -0.2) is 19.9 Å². The van der Waals surface area contributed by atoms with Gasteiger partial charge in [-0.05, 0) is 126 Å². The summed E-state index contributed by atoms with van der Waals surface area (Å²) >= 11 is 0. The fourth-order valence-corrected chi connectivity index (χ4v) is 11.9. The maximum absolute atomic E-state index is 16.0. The van der Waals surface area contributed by atoms with Crippen molar-refractivity contribution in [3.63, 3.8) is 0 Å². The highest BCUT2D eigenvalue weighted by Gasteiger charge is 2.31. The van der Waals surface area contributed by atoms with Crippen LogP contribution in [0, 0.1) is 0 Å². The van der Waals surface area contributed by atoms with Gasteiger partial charge < -0.3 is 4.57 Å². The fourth-order valence-electron chi connectivity index (χ4n) is 9.32. The lowest BCUT2D eigenvalue weighted by atomic mass is 9.84. The monoisotopic (exact) mass is 810 g/mol. The molecule has 0 atom stereocenters. The molecule has 0 saturated heterocycles. The molecule has 4 aromatic heterocycles. The Hall–Kier alpha value is -7.85. The molecule has 6 heteroatoms. The van der Waals surface area contributed by atoms with Gasteiger partial charge in [0, 0.05) is 63.2 Å². The number of hydrogen-bond acceptors (Lipinski definition) is 5. The zero-order valence-electron chi connectivity index (χ0n) is 33.4. The van der Waals surface area contributed by atoms with Crippen LogP contribution >= 0.6 is 7.14 Å². The Morgan fingerprint density at radius 2 is 0.839 bits per heavy atom. The summed E-state index contributed by atoms with van der Waals surface area (Å²) in [4.78, 5) is 18.6. The molecule has 0 aliphatic heterocycles. The van der Waals surface area contributed by atoms with E-state index in [4.69, 9.17) is 9.97 Å². The Morgan fingerprint density at radius 3 is 1.47 bits per heavy atom. The summed E-state index contributed by atoms with van der Waals surface area (Å²) in [6.07, 6.45) is 8.71. The molecule has 0 spiro atoms. The largest absolute Gasteiger partial charge is 0.309 e. The van der Waals surface area contributed by atoms with Crippen molar-refractivity contribution >= 4 is 88.0 Å². The van der Waals surface area contributed by atoms with E-state index in [9.17, 15) is 0 Å². The van der Waals surface area contributed by atoms with Gasteiger partial charge in [-0.25, -0.2) is 4.98 Å². The fraction of sp³-hybridized carbons (Fsp3) is 0. The van der Waals surface area contributed by atoms with Crippen molar-refractivity contribution in [3.05, 3.63) is 213 Å². The van der Waals surface area contributed by atoms with Crippen LogP contribution in [-0.2, 0) is 4.57 Å². The van der Waals surface area contributed by atoms with Crippen LogP contribution in [0.25, 0.3) is 98.4 Å². The van der Waals surface area contributed by atoms with Gasteiger partial charge in [-0.3, -0.25) is 15.0 Å². The minimum Gasteiger partial charge on any atom is -0.309 e. The van der Waals surface area contributed by atoms with Crippen molar-refractivity contribution in [3.8, 4) is 33.5 Å². The van der Waals surface area contributed by atoms with Crippen LogP contribution < -0.4 is 15.9 Å². The SMILES string of the molecule is O=P(c1ccncc1)(c1ccncc1)c1ccc2c(-c3ccc4ccccc4c3)c3cc(-c4ccc5ccc6cccnc6c5n4)ccc3c(-c3ccc4ccccc4c3)c2c1. The molecule has 0 unspecified atom stereocenters. The van der Waals surface area contributed by atoms with Crippen LogP contribution in [0.4, 0.5) is 0 Å². The zero-order valence-corrected chi connectivity index (χ0v) is 34.2. The molecule has 0 N–H and O–H groups in total. The number of benzene rings is 8. The summed E-state index contributed by atoms with van der Waals surface area (Å²) in [6.45, 7) is 0. The molecule has 0 aliphatic carbocycles. The van der Waals surface area contributed by atoms with E-state index >= 15 is 4.57 Å². The number of nitrogens with zero attached hydrogens (tertiary/aromatic N) is 4. The van der Waals surface area contributed by atoms with E-state index in [0.29, 0.717) is 0 Å². The van der Waals surface area contributed by atoms with Crippen molar-refractivity contribution in [2.75, 3.05) is 0 Å². The smallest absolute Gasteiger partial charge is 0.171 e. The molecule has 0 amide bonds. The Bertz CT molecular complexity index is 3750. The average molecular weight is 811 g/mol. The van der Waals surface area contributed by atoms with Gasteiger partial charge in [0.2, 0.25) is 0 Å². The molecule has 0 radical (unpaired) electrons. The van der Waals surface area contributed by atoms with Crippen LogP contribution in [0.2, 0.25) is 0 Å². The molecular weight excluding hydrogens is 776 g/mol. The number of rotatable bonds is 6. The van der Waals surface area contributed by atoms with Crippen LogP contribution in [0.3, 0.4) is 0 Å². The van der Waals surface area contributed by atoms with Gasteiger partial charge in [-0.2, -0.15) is 0 Å². The minimum atomic E-state index is -3.39. The van der Waals surface area contributed by atoms with E-state index in [2.05, 4.69) is 162 Å². The van der Waals surface area contributed by atoms with Crippen molar-refractivity contribution in [2.45, 2.75) is 0 Å². The lowest BCUT2D eigenvalue weighted by molar-refractivity contribution is 0.592. The summed E-state index contributed by atoms with van der Waals surface area (Å²) < 4.78 is 16.0. The van der Waals surface area contributed by atoms with E-state index < -0.39 is 7.14 Å². The number of pyridine rings is 4. The molecule has 62 heavy (non-hydrogen) atoms. The second-order valence-corrected chi connectivity index (χ2v) is 18.6. The first kappa shape index (κ1) is 36.0. The lowest BCUT2D eigenvalue weighted by Gasteiger charge is -2.23. The van der Waals surface area contributed by atoms with E-state index in [0.717, 1.165) is 104 Å². The first-order valence-electron chi connectivity index (χ1n) is 20.7. The number of fused-ring (bicyclic) bond motifs is 7. The minimum absolute atomic E-state index is 0.719. The van der Waals surface area contributed by atoms with Crippen molar-refractivity contribution in [1.82, 2.24) is 19.9 Å². The lowest BCUT2D eigenvalue weighted by Crippen LogP contribution is -2.25. The standard InChI is InChI=1S/C56H35N4OP/c61-62(45-23-28-57-29-24-45,46-25-30-58-31-26-46)47-19-21-49-51(35-47)54(44-16-12-37-7-2-4-9-41(37)33-44)48-20-17-42(34-50(48)53(49)43-15-11-36-6-1-3-8-40(36)32-43)52-22-18-39-14-13-38-10-5-27-59-55(38)56(39)60-52/h1-35H. The maximum Gasteiger partial charge on any atom is 0.171 e. The molecular formula is C56H35N4OP. The van der Waals surface area contributed by atoms with Gasteiger partial charge in [0.15, 0.2) is 7.14 Å². The van der Waals surface area contributed by atoms with Crippen LogP contribution in [0.5, 0.6) is 0 Å². The molecule has 12 aromatic rings. The zero-order chi connectivity index (χ0) is 41.2. The highest BCUT2D eigenvalue weighted by molar-refractivity contribution is 7.85. The Morgan fingerprint density at radius 1 is 0.339 bits per heavy atom. The quantitative estimate of drug-likeness (QED) is 0.0950. The van der Waals surface area contributed by atoms with Gasteiger partial charge in [-0.1, -0.05) is 121 Å². The Balaban J connectivity index is 1.20. The topological polar surface area (TPSA) is 68.6 Å². The summed E-state index contributed by atoms with van der Waals surface area (Å²) in [5, 5.41) is 13.2. The van der Waals surface area contributed by atoms with Crippen molar-refractivity contribution in [2.24, 2.45) is 0 Å². The highest BCUT2D eigenvalue weighted by Crippen LogP contribution is 2.48. The average Bonchev–Trinajstić information content (AvgIpc) is 3.35. The second-order valence-electron chi connectivity index (χ2n) is 15.8. The Labute approximate surface area is 357 Å². The van der Waals surface area contributed by atoms with Crippen molar-refractivity contribution in [1.29, 1.82) is 0 Å². The van der Waals surface area contributed by atoms with Gasteiger partial charge in [0.1, 0.15) is 0 Å². The van der Waals surface area contributed by atoms with Gasteiger partial charge in [-0.15, -0.1) is 0 Å². The predicted octanol–water partition coefficient (Wildman–Crippen LogP) is 12.8. The Kier molecular flexibility index (Phi) is 8.38. The number of hydrogen-bond donors (Lipinski definition) is 0. The molecule has 0 bridgehead atoms. The summed E-state index contributed by atoms with van der Waals surface area (Å²) in [5.74, 6) is 0. The molecule has 0 fully saturated rings. The molecule has 0 aliphatic rings. The molecule has 0 saturated carbocycles. The predicted molar refractivity (Wildman–Crippen MR) is 258 cm³/mol. The highest BCUT2D eigenvalue weighted by atomic mass is 31.2. The molecule has 290 valence electrons. The van der Waals surface area contributed by atoms with Crippen LogP contribution in [0.15, 0.2) is 213 Å². The summed E-state index contributed by atoms with van der Waals surface area (Å²) in [6, 6.07) is 63.7. The number of aromatic nitrogens is 4. The molecule has 12 rings (SSSR count). The third-order valence-electron chi connectivity index (χ3n) is 12.3. The normalized spacial score (nSPS) is 11.9. The molecule has 5 nitrogen and oxygen atoms in total. The summed E-state index contributed by atoms with van der Waals surface area (Å²) in [5.41, 5.74) is 8.02. The first-order valence-corrected chi connectivity index (χ1v) is 22.4. The van der Waals surface area contributed by atoms with Gasteiger partial charge in [0.05, 0.1) is 16.7 Å². The van der Waals surface area contributed by atoms with E-state index in [1.54, 1.807) is 24.8 Å². The third kappa shape index (κ3) is 5.82. The van der Waals surface area contributed by atoms with Gasteiger partial charge in [0.25, 0.3) is 0 Å². The third-order valence-corrected chi connectivity index (χ3v) is 15.4. The molecule has 4 heterocycles. The summed E-state index contributed by atoms with van der Waals surface area (Å²) in [7, 11) is -3.39. The second kappa shape index (κ2) is 14.4. The van der Waals surface area contributed by atoms with Crippen LogP contribution in [0.1, 0.15) is 0 Å². The first-order chi connectivity index (χ1) is 30.6. The van der Waals surface area contributed by atoms with Gasteiger partial charge >= 0.3 is 0 Å². The van der Waals surface area contributed by atoms with Crippen molar-refractivity contribution < 1.29 is 4.57 Å².